The van der Waals surface area contributed by atoms with Crippen LogP contribution >= 0.6 is 0 Å². The van der Waals surface area contributed by atoms with Crippen LogP contribution in [0.3, 0.4) is 0 Å². The van der Waals surface area contributed by atoms with Crippen molar-refractivity contribution in [1.82, 2.24) is 14.8 Å². The summed E-state index contributed by atoms with van der Waals surface area (Å²) in [5, 5.41) is 3.23. The number of carbonyl (C=O) groups excluding carboxylic acids is 1. The minimum absolute atomic E-state index is 0.0461. The van der Waals surface area contributed by atoms with E-state index in [0.717, 1.165) is 13.1 Å². The molecule has 1 fully saturated rings. The van der Waals surface area contributed by atoms with Crippen LogP contribution in [0.5, 0.6) is 0 Å². The molecule has 1 unspecified atom stereocenters. The van der Waals surface area contributed by atoms with Crippen molar-refractivity contribution < 1.29 is 4.79 Å². The summed E-state index contributed by atoms with van der Waals surface area (Å²) in [6.45, 7) is 7.02. The van der Waals surface area contributed by atoms with E-state index in [0.29, 0.717) is 13.1 Å². The van der Waals surface area contributed by atoms with E-state index in [2.05, 4.69) is 5.32 Å². The summed E-state index contributed by atoms with van der Waals surface area (Å²) in [5.74, 6) is 0.132. The molecule has 1 N–H and O–H groups in total. The van der Waals surface area contributed by atoms with Crippen LogP contribution in [0.15, 0.2) is 29.2 Å². The van der Waals surface area contributed by atoms with Crippen molar-refractivity contribution in [3.63, 3.8) is 0 Å². The van der Waals surface area contributed by atoms with Crippen molar-refractivity contribution in [1.29, 1.82) is 0 Å². The Kier molecular flexibility index (Phi) is 4.37. The molecule has 1 saturated heterocycles. The molecule has 2 rings (SSSR count). The molecule has 2 heterocycles. The van der Waals surface area contributed by atoms with Crippen LogP contribution in [0, 0.1) is 5.92 Å². The summed E-state index contributed by atoms with van der Waals surface area (Å²) < 4.78 is 1.55. The fourth-order valence-electron chi connectivity index (χ4n) is 2.47. The van der Waals surface area contributed by atoms with Gasteiger partial charge in [-0.05, 0) is 12.0 Å². The van der Waals surface area contributed by atoms with Gasteiger partial charge < -0.3 is 14.8 Å². The lowest BCUT2D eigenvalue weighted by Crippen LogP contribution is -2.50. The number of rotatable bonds is 3. The Hall–Kier alpha value is -1.62. The Bertz CT molecular complexity index is 489. The van der Waals surface area contributed by atoms with Crippen molar-refractivity contribution in [2.45, 2.75) is 19.9 Å². The summed E-state index contributed by atoms with van der Waals surface area (Å²) in [6, 6.07) is 4.58. The minimum Gasteiger partial charge on any atom is -0.338 e. The third kappa shape index (κ3) is 3.04. The van der Waals surface area contributed by atoms with Crippen molar-refractivity contribution in [2.24, 2.45) is 5.92 Å². The second kappa shape index (κ2) is 6.02. The quantitative estimate of drug-likeness (QED) is 0.863. The summed E-state index contributed by atoms with van der Waals surface area (Å²) in [4.78, 5) is 26.4. The zero-order valence-electron chi connectivity index (χ0n) is 11.5. The maximum Gasteiger partial charge on any atom is 0.251 e. The fraction of sp³-hybridized carbons (Fsp3) is 0.571. The number of aromatic nitrogens is 1. The van der Waals surface area contributed by atoms with E-state index in [1.54, 1.807) is 22.9 Å². The van der Waals surface area contributed by atoms with E-state index in [1.165, 1.54) is 6.07 Å². The maximum atomic E-state index is 12.6. The minimum atomic E-state index is -0.410. The average molecular weight is 263 g/mol. The van der Waals surface area contributed by atoms with Gasteiger partial charge in [0.05, 0.1) is 0 Å². The number of hydrogen-bond acceptors (Lipinski definition) is 3. The molecule has 104 valence electrons. The molecule has 0 saturated carbocycles. The Morgan fingerprint density at radius 1 is 1.26 bits per heavy atom. The predicted octanol–water partition coefficient (Wildman–Crippen LogP) is 0.477. The van der Waals surface area contributed by atoms with Crippen LogP contribution in [0.1, 0.15) is 19.9 Å². The Balaban J connectivity index is 2.27. The van der Waals surface area contributed by atoms with Gasteiger partial charge in [0.2, 0.25) is 5.91 Å². The van der Waals surface area contributed by atoms with Crippen LogP contribution in [-0.2, 0) is 4.79 Å². The second-order valence-corrected chi connectivity index (χ2v) is 5.21. The Labute approximate surface area is 113 Å². The lowest BCUT2D eigenvalue weighted by Gasteiger charge is -2.33. The molecule has 0 spiro atoms. The first-order valence-corrected chi connectivity index (χ1v) is 6.78. The molecule has 1 atom stereocenters. The van der Waals surface area contributed by atoms with Gasteiger partial charge in [-0.3, -0.25) is 9.59 Å². The maximum absolute atomic E-state index is 12.6. The van der Waals surface area contributed by atoms with Crippen molar-refractivity contribution in [3.05, 3.63) is 34.7 Å². The zero-order chi connectivity index (χ0) is 13.8. The number of piperazine rings is 1. The van der Waals surface area contributed by atoms with Crippen LogP contribution in [0.25, 0.3) is 0 Å². The molecule has 1 aromatic heterocycles. The number of nitrogens with one attached hydrogen (secondary N) is 1. The summed E-state index contributed by atoms with van der Waals surface area (Å²) in [7, 11) is 0. The van der Waals surface area contributed by atoms with E-state index in [-0.39, 0.29) is 17.4 Å². The number of amides is 1. The molecule has 0 aliphatic carbocycles. The van der Waals surface area contributed by atoms with Crippen LogP contribution < -0.4 is 10.9 Å². The van der Waals surface area contributed by atoms with E-state index in [1.807, 2.05) is 18.7 Å². The van der Waals surface area contributed by atoms with Gasteiger partial charge in [-0.15, -0.1) is 0 Å². The third-order valence-electron chi connectivity index (χ3n) is 3.46. The molecule has 0 radical (unpaired) electrons. The lowest BCUT2D eigenvalue weighted by molar-refractivity contribution is -0.136. The Morgan fingerprint density at radius 3 is 2.53 bits per heavy atom. The Morgan fingerprint density at radius 2 is 1.95 bits per heavy atom. The first kappa shape index (κ1) is 13.8. The highest BCUT2D eigenvalue weighted by atomic mass is 16.2. The largest absolute Gasteiger partial charge is 0.338 e. The highest BCUT2D eigenvalue weighted by molar-refractivity contribution is 5.80. The summed E-state index contributed by atoms with van der Waals surface area (Å²) >= 11 is 0. The third-order valence-corrected chi connectivity index (χ3v) is 3.46. The number of nitrogens with zero attached hydrogens (tertiary/aromatic N) is 2. The molecular weight excluding hydrogens is 242 g/mol. The first-order chi connectivity index (χ1) is 9.11. The highest BCUT2D eigenvalue weighted by Gasteiger charge is 2.29. The van der Waals surface area contributed by atoms with E-state index >= 15 is 0 Å². The van der Waals surface area contributed by atoms with Crippen molar-refractivity contribution >= 4 is 5.91 Å². The monoisotopic (exact) mass is 263 g/mol. The van der Waals surface area contributed by atoms with Gasteiger partial charge >= 0.3 is 0 Å². The highest BCUT2D eigenvalue weighted by Crippen LogP contribution is 2.19. The molecule has 1 aliphatic heterocycles. The smallest absolute Gasteiger partial charge is 0.251 e. The van der Waals surface area contributed by atoms with Crippen molar-refractivity contribution in [2.75, 3.05) is 26.2 Å². The normalized spacial score (nSPS) is 17.5. The molecule has 1 aliphatic rings. The van der Waals surface area contributed by atoms with Crippen LogP contribution in [-0.4, -0.2) is 41.6 Å². The molecule has 1 aromatic rings. The van der Waals surface area contributed by atoms with E-state index in [9.17, 15) is 9.59 Å². The number of hydrogen-bond donors (Lipinski definition) is 1. The molecule has 1 amide bonds. The molecule has 0 bridgehead atoms. The zero-order valence-corrected chi connectivity index (χ0v) is 11.5. The van der Waals surface area contributed by atoms with E-state index < -0.39 is 6.04 Å². The molecule has 5 heteroatoms. The number of carbonyl (C=O) groups is 1. The SMILES string of the molecule is CC(C)C(C(=O)N1CCNCC1)n1ccccc1=O. The van der Waals surface area contributed by atoms with Gasteiger partial charge in [-0.1, -0.05) is 19.9 Å². The van der Waals surface area contributed by atoms with Gasteiger partial charge in [0.1, 0.15) is 6.04 Å². The molecule has 0 aromatic carbocycles. The fourth-order valence-corrected chi connectivity index (χ4v) is 2.47. The topological polar surface area (TPSA) is 54.3 Å². The second-order valence-electron chi connectivity index (χ2n) is 5.21. The first-order valence-electron chi connectivity index (χ1n) is 6.78. The summed E-state index contributed by atoms with van der Waals surface area (Å²) in [6.07, 6.45) is 1.70. The standard InChI is InChI=1S/C14H21N3O2/c1-11(2)13(17-8-4-3-5-12(17)18)14(19)16-9-6-15-7-10-16/h3-5,8,11,13,15H,6-7,9-10H2,1-2H3. The van der Waals surface area contributed by atoms with Gasteiger partial charge in [0.15, 0.2) is 0 Å². The molecular formula is C14H21N3O2. The predicted molar refractivity (Wildman–Crippen MR) is 74.0 cm³/mol. The molecule has 19 heavy (non-hydrogen) atoms. The average Bonchev–Trinajstić information content (AvgIpc) is 2.42. The van der Waals surface area contributed by atoms with E-state index in [4.69, 9.17) is 0 Å². The molecule has 5 nitrogen and oxygen atoms in total. The van der Waals surface area contributed by atoms with Gasteiger partial charge in [0, 0.05) is 38.4 Å². The van der Waals surface area contributed by atoms with Gasteiger partial charge in [-0.2, -0.15) is 0 Å². The van der Waals surface area contributed by atoms with Crippen LogP contribution in [0.2, 0.25) is 0 Å². The number of pyridine rings is 1. The van der Waals surface area contributed by atoms with Crippen molar-refractivity contribution in [3.8, 4) is 0 Å². The van der Waals surface area contributed by atoms with Gasteiger partial charge in [0.25, 0.3) is 5.56 Å². The van der Waals surface area contributed by atoms with Crippen LogP contribution in [0.4, 0.5) is 0 Å². The van der Waals surface area contributed by atoms with Gasteiger partial charge in [-0.25, -0.2) is 0 Å². The lowest BCUT2D eigenvalue weighted by atomic mass is 10.0. The summed E-state index contributed by atoms with van der Waals surface area (Å²) in [5.41, 5.74) is -0.121.